The minimum atomic E-state index is -1.25. The summed E-state index contributed by atoms with van der Waals surface area (Å²) in [5.41, 5.74) is 1.14. The molecule has 0 bridgehead atoms. The lowest BCUT2D eigenvalue weighted by molar-refractivity contribution is -0.135. The summed E-state index contributed by atoms with van der Waals surface area (Å²) in [7, 11) is 0. The lowest BCUT2D eigenvalue weighted by Gasteiger charge is -2.23. The number of urea groups is 1. The fraction of sp³-hybridized carbons (Fsp3) is 0.192. The van der Waals surface area contributed by atoms with Crippen LogP contribution in [-0.4, -0.2) is 44.1 Å². The molecule has 1 aliphatic rings. The maximum Gasteiger partial charge on any atom is 0.325 e. The van der Waals surface area contributed by atoms with Gasteiger partial charge in [0, 0.05) is 0 Å². The first-order valence-electron chi connectivity index (χ1n) is 11.2. The van der Waals surface area contributed by atoms with Gasteiger partial charge in [0.1, 0.15) is 24.7 Å². The summed E-state index contributed by atoms with van der Waals surface area (Å²) in [4.78, 5) is 43.6. The van der Waals surface area contributed by atoms with Crippen LogP contribution in [0.25, 0.3) is 16.5 Å². The van der Waals surface area contributed by atoms with Crippen molar-refractivity contribution in [3.63, 3.8) is 0 Å². The molecule has 5 rings (SSSR count). The normalized spacial score (nSPS) is 18.5. The van der Waals surface area contributed by atoms with Crippen molar-refractivity contribution in [1.29, 1.82) is 0 Å². The quantitative estimate of drug-likeness (QED) is 0.423. The minimum absolute atomic E-state index is 0.320. The van der Waals surface area contributed by atoms with Gasteiger partial charge in [-0.2, -0.15) is 5.10 Å². The first-order valence-corrected chi connectivity index (χ1v) is 11.2. The molecule has 0 radical (unpaired) electrons. The Kier molecular flexibility index (Phi) is 5.52. The highest BCUT2D eigenvalue weighted by Crippen LogP contribution is 2.31. The van der Waals surface area contributed by atoms with E-state index in [0.717, 1.165) is 26.9 Å². The van der Waals surface area contributed by atoms with E-state index in [9.17, 15) is 14.4 Å². The van der Waals surface area contributed by atoms with Crippen LogP contribution in [0.15, 0.2) is 79.4 Å². The van der Waals surface area contributed by atoms with Gasteiger partial charge in [-0.15, -0.1) is 0 Å². The summed E-state index contributed by atoms with van der Waals surface area (Å²) in [6.07, 6.45) is 3.06. The summed E-state index contributed by atoms with van der Waals surface area (Å²) in [5, 5.41) is 11.7. The number of aromatic nitrogens is 3. The zero-order valence-corrected chi connectivity index (χ0v) is 19.3. The SMILES string of the molecule is C[C@@H](NC(=O)CN1C(=O)N[C@](C)(c2ccc3ccccc3c2)C1=O)c1ccc(-n2cncn2)cc1. The van der Waals surface area contributed by atoms with E-state index in [2.05, 4.69) is 20.7 Å². The van der Waals surface area contributed by atoms with Crippen LogP contribution in [0, 0.1) is 0 Å². The van der Waals surface area contributed by atoms with Crippen molar-refractivity contribution >= 4 is 28.6 Å². The molecule has 2 atom stereocenters. The zero-order valence-electron chi connectivity index (χ0n) is 19.3. The average Bonchev–Trinajstić information content (AvgIpc) is 3.48. The Bertz CT molecular complexity index is 1420. The number of rotatable bonds is 6. The van der Waals surface area contributed by atoms with E-state index in [-0.39, 0.29) is 12.6 Å². The van der Waals surface area contributed by atoms with Crippen LogP contribution in [0.4, 0.5) is 4.79 Å². The van der Waals surface area contributed by atoms with Gasteiger partial charge in [0.25, 0.3) is 5.91 Å². The van der Waals surface area contributed by atoms with Crippen LogP contribution in [-0.2, 0) is 15.1 Å². The van der Waals surface area contributed by atoms with Gasteiger partial charge in [-0.3, -0.25) is 14.5 Å². The standard InChI is InChI=1S/C26H24N6O3/c1-17(18-8-11-22(12-9-18)32-16-27-15-28-32)29-23(33)14-31-24(34)26(2,30-25(31)35)21-10-7-19-5-3-4-6-20(19)13-21/h3-13,15-17H,14H2,1-2H3,(H,29,33)(H,30,35)/t17-,26-/m1/s1. The molecule has 1 saturated heterocycles. The Morgan fingerprint density at radius 2 is 1.80 bits per heavy atom. The number of carbonyl (C=O) groups excluding carboxylic acids is 3. The Labute approximate surface area is 201 Å². The van der Waals surface area contributed by atoms with Crippen molar-refractivity contribution in [3.8, 4) is 5.69 Å². The number of carbonyl (C=O) groups is 3. The Morgan fingerprint density at radius 3 is 2.51 bits per heavy atom. The number of benzene rings is 3. The third-order valence-electron chi connectivity index (χ3n) is 6.36. The summed E-state index contributed by atoms with van der Waals surface area (Å²) >= 11 is 0. The largest absolute Gasteiger partial charge is 0.348 e. The van der Waals surface area contributed by atoms with Gasteiger partial charge in [0.05, 0.1) is 11.7 Å². The van der Waals surface area contributed by atoms with Gasteiger partial charge < -0.3 is 10.6 Å². The predicted octanol–water partition coefficient (Wildman–Crippen LogP) is 3.06. The maximum atomic E-state index is 13.3. The van der Waals surface area contributed by atoms with Crippen LogP contribution in [0.1, 0.15) is 31.0 Å². The topological polar surface area (TPSA) is 109 Å². The smallest absolute Gasteiger partial charge is 0.325 e. The van der Waals surface area contributed by atoms with Gasteiger partial charge in [0.15, 0.2) is 0 Å². The number of nitrogens with one attached hydrogen (secondary N) is 2. The van der Waals surface area contributed by atoms with Crippen molar-refractivity contribution in [3.05, 3.63) is 90.5 Å². The lowest BCUT2D eigenvalue weighted by Crippen LogP contribution is -2.43. The highest BCUT2D eigenvalue weighted by molar-refractivity contribution is 6.09. The number of imide groups is 1. The van der Waals surface area contributed by atoms with Gasteiger partial charge in [-0.1, -0.05) is 48.5 Å². The third kappa shape index (κ3) is 4.12. The number of amides is 4. The second-order valence-electron chi connectivity index (χ2n) is 8.73. The van der Waals surface area contributed by atoms with Crippen LogP contribution in [0.3, 0.4) is 0 Å². The molecule has 176 valence electrons. The van der Waals surface area contributed by atoms with Crippen molar-refractivity contribution in [1.82, 2.24) is 30.3 Å². The highest BCUT2D eigenvalue weighted by atomic mass is 16.2. The summed E-state index contributed by atoms with van der Waals surface area (Å²) in [6, 6.07) is 20.0. The van der Waals surface area contributed by atoms with Crippen molar-refractivity contribution < 1.29 is 14.4 Å². The average molecular weight is 469 g/mol. The fourth-order valence-corrected chi connectivity index (χ4v) is 4.31. The molecule has 2 N–H and O–H groups in total. The van der Waals surface area contributed by atoms with Crippen LogP contribution in [0.2, 0.25) is 0 Å². The molecule has 0 spiro atoms. The Morgan fingerprint density at radius 1 is 1.06 bits per heavy atom. The predicted molar refractivity (Wildman–Crippen MR) is 129 cm³/mol. The summed E-state index contributed by atoms with van der Waals surface area (Å²) < 4.78 is 1.64. The molecule has 3 aromatic carbocycles. The van der Waals surface area contributed by atoms with Crippen molar-refractivity contribution in [2.45, 2.75) is 25.4 Å². The molecule has 0 aliphatic carbocycles. The van der Waals surface area contributed by atoms with Gasteiger partial charge in [0.2, 0.25) is 5.91 Å². The van der Waals surface area contributed by atoms with Crippen LogP contribution >= 0.6 is 0 Å². The summed E-state index contributed by atoms with van der Waals surface area (Å²) in [6.45, 7) is 3.14. The Hall–Kier alpha value is -4.53. The molecular weight excluding hydrogens is 444 g/mol. The molecule has 9 nitrogen and oxygen atoms in total. The summed E-state index contributed by atoms with van der Waals surface area (Å²) in [5.74, 6) is -0.887. The molecule has 4 amide bonds. The van der Waals surface area contributed by atoms with E-state index in [1.54, 1.807) is 17.9 Å². The maximum absolute atomic E-state index is 13.3. The highest BCUT2D eigenvalue weighted by Gasteiger charge is 2.49. The van der Waals surface area contributed by atoms with Crippen molar-refractivity contribution in [2.75, 3.05) is 6.54 Å². The minimum Gasteiger partial charge on any atom is -0.348 e. The molecular formula is C26H24N6O3. The van der Waals surface area contributed by atoms with E-state index in [0.29, 0.717) is 5.56 Å². The monoisotopic (exact) mass is 468 g/mol. The van der Waals surface area contributed by atoms with Gasteiger partial charge in [-0.05, 0) is 53.9 Å². The number of hydrogen-bond donors (Lipinski definition) is 2. The molecule has 9 heteroatoms. The second-order valence-corrected chi connectivity index (χ2v) is 8.73. The van der Waals surface area contributed by atoms with Crippen molar-refractivity contribution in [2.24, 2.45) is 0 Å². The van der Waals surface area contributed by atoms with Gasteiger partial charge >= 0.3 is 6.03 Å². The van der Waals surface area contributed by atoms with E-state index < -0.39 is 23.4 Å². The molecule has 0 saturated carbocycles. The number of nitrogens with zero attached hydrogens (tertiary/aromatic N) is 4. The molecule has 35 heavy (non-hydrogen) atoms. The third-order valence-corrected chi connectivity index (χ3v) is 6.36. The molecule has 1 fully saturated rings. The molecule has 1 aliphatic heterocycles. The molecule has 2 heterocycles. The van der Waals surface area contributed by atoms with Crippen LogP contribution in [0.5, 0.6) is 0 Å². The first kappa shape index (κ1) is 22.3. The second kappa shape index (κ2) is 8.68. The number of fused-ring (bicyclic) bond motifs is 1. The van der Waals surface area contributed by atoms with E-state index in [4.69, 9.17) is 0 Å². The fourth-order valence-electron chi connectivity index (χ4n) is 4.31. The van der Waals surface area contributed by atoms with Gasteiger partial charge in [-0.25, -0.2) is 14.5 Å². The molecule has 4 aromatic rings. The number of hydrogen-bond acceptors (Lipinski definition) is 5. The van der Waals surface area contributed by atoms with E-state index in [1.807, 2.05) is 73.7 Å². The molecule has 0 unspecified atom stereocenters. The lowest BCUT2D eigenvalue weighted by atomic mass is 9.90. The first-order chi connectivity index (χ1) is 16.8. The molecule has 1 aromatic heterocycles. The zero-order chi connectivity index (χ0) is 24.6. The van der Waals surface area contributed by atoms with E-state index in [1.165, 1.54) is 6.33 Å². The Balaban J connectivity index is 1.26. The van der Waals surface area contributed by atoms with Crippen LogP contribution < -0.4 is 10.6 Å². The van der Waals surface area contributed by atoms with E-state index >= 15 is 0 Å².